The summed E-state index contributed by atoms with van der Waals surface area (Å²) in [7, 11) is 0. The van der Waals surface area contributed by atoms with Gasteiger partial charge in [0.1, 0.15) is 0 Å². The standard InChI is InChI=1S/C19H17N3S/c20-11-14(16-10-9-13-5-1-2-6-15(13)16)12-21-19-22-17-7-3-4-8-18(17)23-19/h1-8,11-12,16H,9-10,20H2/b14-11+,21-12+. The molecule has 1 aliphatic rings. The van der Waals surface area contributed by atoms with Gasteiger partial charge < -0.3 is 5.73 Å². The van der Waals surface area contributed by atoms with Crippen LogP contribution in [0.15, 0.2) is 65.3 Å². The second kappa shape index (κ2) is 5.97. The van der Waals surface area contributed by atoms with Gasteiger partial charge in [0.2, 0.25) is 5.13 Å². The smallest absolute Gasteiger partial charge is 0.210 e. The van der Waals surface area contributed by atoms with E-state index in [0.29, 0.717) is 5.92 Å². The minimum Gasteiger partial charge on any atom is -0.404 e. The van der Waals surface area contributed by atoms with E-state index in [9.17, 15) is 0 Å². The minimum absolute atomic E-state index is 0.342. The summed E-state index contributed by atoms with van der Waals surface area (Å²) >= 11 is 1.60. The number of aryl methyl sites for hydroxylation is 1. The molecule has 1 heterocycles. The lowest BCUT2D eigenvalue weighted by Gasteiger charge is -2.11. The van der Waals surface area contributed by atoms with Gasteiger partial charge in [0.05, 0.1) is 10.2 Å². The summed E-state index contributed by atoms with van der Waals surface area (Å²) in [6, 6.07) is 16.7. The first-order chi connectivity index (χ1) is 11.3. The van der Waals surface area contributed by atoms with Crippen molar-refractivity contribution in [2.45, 2.75) is 18.8 Å². The average Bonchev–Trinajstić information content (AvgIpc) is 3.19. The van der Waals surface area contributed by atoms with E-state index < -0.39 is 0 Å². The number of fused-ring (bicyclic) bond motifs is 2. The molecule has 3 nitrogen and oxygen atoms in total. The molecule has 1 unspecified atom stereocenters. The lowest BCUT2D eigenvalue weighted by Crippen LogP contribution is -2.02. The molecule has 114 valence electrons. The fourth-order valence-corrected chi connectivity index (χ4v) is 4.01. The molecule has 0 bridgehead atoms. The molecule has 0 spiro atoms. The first kappa shape index (κ1) is 14.2. The molecule has 23 heavy (non-hydrogen) atoms. The topological polar surface area (TPSA) is 51.3 Å². The molecule has 3 aromatic rings. The average molecular weight is 319 g/mol. The molecular weight excluding hydrogens is 302 g/mol. The first-order valence-corrected chi connectivity index (χ1v) is 8.56. The number of benzene rings is 2. The number of allylic oxidation sites excluding steroid dienone is 1. The van der Waals surface area contributed by atoms with Crippen LogP contribution in [0, 0.1) is 0 Å². The highest BCUT2D eigenvalue weighted by atomic mass is 32.1. The Kier molecular flexibility index (Phi) is 3.67. The lowest BCUT2D eigenvalue weighted by atomic mass is 9.94. The highest BCUT2D eigenvalue weighted by Gasteiger charge is 2.24. The van der Waals surface area contributed by atoms with Gasteiger partial charge >= 0.3 is 0 Å². The second-order valence-electron chi connectivity index (χ2n) is 5.68. The predicted molar refractivity (Wildman–Crippen MR) is 97.5 cm³/mol. The quantitative estimate of drug-likeness (QED) is 0.719. The van der Waals surface area contributed by atoms with Gasteiger partial charge in [0.25, 0.3) is 0 Å². The van der Waals surface area contributed by atoms with Crippen molar-refractivity contribution in [1.82, 2.24) is 4.98 Å². The van der Waals surface area contributed by atoms with E-state index in [1.54, 1.807) is 17.5 Å². The van der Waals surface area contributed by atoms with Crippen LogP contribution in [0.2, 0.25) is 0 Å². The van der Waals surface area contributed by atoms with E-state index in [1.807, 2.05) is 24.4 Å². The largest absolute Gasteiger partial charge is 0.404 e. The van der Waals surface area contributed by atoms with Crippen molar-refractivity contribution in [3.05, 3.63) is 71.4 Å². The third-order valence-corrected chi connectivity index (χ3v) is 5.28. The highest BCUT2D eigenvalue weighted by Crippen LogP contribution is 2.37. The number of hydrogen-bond acceptors (Lipinski definition) is 4. The van der Waals surface area contributed by atoms with Gasteiger partial charge in [-0.2, -0.15) is 0 Å². The molecule has 1 aromatic heterocycles. The van der Waals surface area contributed by atoms with Crippen LogP contribution < -0.4 is 5.73 Å². The molecule has 1 atom stereocenters. The molecule has 0 aliphatic heterocycles. The molecule has 4 heteroatoms. The first-order valence-electron chi connectivity index (χ1n) is 7.74. The van der Waals surface area contributed by atoms with Gasteiger partial charge in [-0.1, -0.05) is 47.7 Å². The Morgan fingerprint density at radius 3 is 2.87 bits per heavy atom. The highest BCUT2D eigenvalue weighted by molar-refractivity contribution is 7.22. The molecular formula is C19H17N3S. The number of thiazole rings is 1. The van der Waals surface area contributed by atoms with Crippen molar-refractivity contribution >= 4 is 32.9 Å². The molecule has 1 aliphatic carbocycles. The van der Waals surface area contributed by atoms with Crippen LogP contribution in [0.25, 0.3) is 10.2 Å². The number of aliphatic imine (C=N–C) groups is 1. The van der Waals surface area contributed by atoms with Gasteiger partial charge in [0.15, 0.2) is 0 Å². The van der Waals surface area contributed by atoms with Gasteiger partial charge in [-0.05, 0) is 47.9 Å². The van der Waals surface area contributed by atoms with E-state index in [0.717, 1.165) is 33.8 Å². The van der Waals surface area contributed by atoms with E-state index in [-0.39, 0.29) is 0 Å². The maximum absolute atomic E-state index is 5.88. The van der Waals surface area contributed by atoms with Crippen LogP contribution in [0.1, 0.15) is 23.5 Å². The summed E-state index contributed by atoms with van der Waals surface area (Å²) in [6.07, 6.45) is 5.76. The van der Waals surface area contributed by atoms with E-state index >= 15 is 0 Å². The molecule has 0 amide bonds. The maximum Gasteiger partial charge on any atom is 0.210 e. The molecule has 0 saturated heterocycles. The van der Waals surface area contributed by atoms with E-state index in [2.05, 4.69) is 40.3 Å². The number of rotatable bonds is 3. The Morgan fingerprint density at radius 2 is 2.00 bits per heavy atom. The van der Waals surface area contributed by atoms with Crippen molar-refractivity contribution in [2.24, 2.45) is 10.7 Å². The maximum atomic E-state index is 5.88. The molecule has 0 fully saturated rings. The van der Waals surface area contributed by atoms with E-state index in [1.165, 1.54) is 11.1 Å². The van der Waals surface area contributed by atoms with Crippen LogP contribution in [0.3, 0.4) is 0 Å². The number of hydrogen-bond donors (Lipinski definition) is 1. The monoisotopic (exact) mass is 319 g/mol. The Morgan fingerprint density at radius 1 is 1.17 bits per heavy atom. The summed E-state index contributed by atoms with van der Waals surface area (Å²) in [6.45, 7) is 0. The van der Waals surface area contributed by atoms with Gasteiger partial charge in [-0.25, -0.2) is 9.98 Å². The summed E-state index contributed by atoms with van der Waals surface area (Å²) in [5.74, 6) is 0.342. The van der Waals surface area contributed by atoms with Gasteiger partial charge in [-0.15, -0.1) is 0 Å². The summed E-state index contributed by atoms with van der Waals surface area (Å²) < 4.78 is 1.16. The molecule has 2 aromatic carbocycles. The minimum atomic E-state index is 0.342. The van der Waals surface area contributed by atoms with Crippen LogP contribution in [-0.4, -0.2) is 11.2 Å². The Labute approximate surface area is 139 Å². The number of para-hydroxylation sites is 1. The van der Waals surface area contributed by atoms with Crippen LogP contribution in [0.5, 0.6) is 0 Å². The Hall–Kier alpha value is -2.46. The predicted octanol–water partition coefficient (Wildman–Crippen LogP) is 4.57. The number of aromatic nitrogens is 1. The van der Waals surface area contributed by atoms with Crippen molar-refractivity contribution in [3.63, 3.8) is 0 Å². The zero-order chi connectivity index (χ0) is 15.6. The fraction of sp³-hybridized carbons (Fsp3) is 0.158. The normalized spacial score (nSPS) is 17.9. The van der Waals surface area contributed by atoms with E-state index in [4.69, 9.17) is 5.73 Å². The zero-order valence-corrected chi connectivity index (χ0v) is 13.5. The molecule has 0 radical (unpaired) electrons. The summed E-state index contributed by atoms with van der Waals surface area (Å²) in [4.78, 5) is 9.11. The lowest BCUT2D eigenvalue weighted by molar-refractivity contribution is 0.795. The SMILES string of the molecule is N/C=C(\C=N\c1nc2ccccc2s1)C1CCc2ccccc21. The van der Waals surface area contributed by atoms with Gasteiger partial charge in [0, 0.05) is 12.1 Å². The zero-order valence-electron chi connectivity index (χ0n) is 12.6. The van der Waals surface area contributed by atoms with Crippen LogP contribution in [0.4, 0.5) is 5.13 Å². The van der Waals surface area contributed by atoms with Crippen molar-refractivity contribution in [3.8, 4) is 0 Å². The molecule has 0 saturated carbocycles. The summed E-state index contributed by atoms with van der Waals surface area (Å²) in [5, 5.41) is 0.775. The van der Waals surface area contributed by atoms with Crippen LogP contribution >= 0.6 is 11.3 Å². The number of nitrogens with zero attached hydrogens (tertiary/aromatic N) is 2. The third-order valence-electron chi connectivity index (χ3n) is 4.33. The van der Waals surface area contributed by atoms with Crippen molar-refractivity contribution in [2.75, 3.05) is 0 Å². The fourth-order valence-electron chi connectivity index (χ4n) is 3.20. The van der Waals surface area contributed by atoms with Gasteiger partial charge in [-0.3, -0.25) is 0 Å². The van der Waals surface area contributed by atoms with Crippen molar-refractivity contribution < 1.29 is 0 Å². The Bertz CT molecular complexity index is 875. The Balaban J connectivity index is 1.62. The second-order valence-corrected chi connectivity index (χ2v) is 6.69. The number of nitrogens with two attached hydrogens (primary N) is 1. The third kappa shape index (κ3) is 2.66. The summed E-state index contributed by atoms with van der Waals surface area (Å²) in [5.41, 5.74) is 10.7. The van der Waals surface area contributed by atoms with Crippen molar-refractivity contribution in [1.29, 1.82) is 0 Å². The molecule has 2 N–H and O–H groups in total. The molecule has 4 rings (SSSR count). The van der Waals surface area contributed by atoms with Crippen LogP contribution in [-0.2, 0) is 6.42 Å².